The standard InChI is InChI=1S/C12H22N2OS/c1-10(15)13-8-11-2-5-14(6-3-11)12-4-7-16-9-12/h11-12H,2-9H2,1H3,(H,13,15)/t12-/m1/s1. The zero-order valence-electron chi connectivity index (χ0n) is 10.1. The minimum Gasteiger partial charge on any atom is -0.356 e. The van der Waals surface area contributed by atoms with Crippen LogP contribution in [0.4, 0.5) is 0 Å². The van der Waals surface area contributed by atoms with Gasteiger partial charge in [0.1, 0.15) is 0 Å². The van der Waals surface area contributed by atoms with Crippen LogP contribution in [0.1, 0.15) is 26.2 Å². The Morgan fingerprint density at radius 3 is 2.69 bits per heavy atom. The third-order valence-electron chi connectivity index (χ3n) is 3.71. The summed E-state index contributed by atoms with van der Waals surface area (Å²) in [6.07, 6.45) is 3.88. The molecule has 0 aliphatic carbocycles. The van der Waals surface area contributed by atoms with Crippen LogP contribution in [0.25, 0.3) is 0 Å². The summed E-state index contributed by atoms with van der Waals surface area (Å²) in [6, 6.07) is 0.840. The van der Waals surface area contributed by atoms with Gasteiger partial charge in [-0.3, -0.25) is 9.69 Å². The summed E-state index contributed by atoms with van der Waals surface area (Å²) < 4.78 is 0. The van der Waals surface area contributed by atoms with Gasteiger partial charge in [-0.2, -0.15) is 11.8 Å². The minimum absolute atomic E-state index is 0.106. The number of nitrogens with zero attached hydrogens (tertiary/aromatic N) is 1. The van der Waals surface area contributed by atoms with E-state index in [1.54, 1.807) is 6.92 Å². The molecular weight excluding hydrogens is 220 g/mol. The van der Waals surface area contributed by atoms with E-state index in [4.69, 9.17) is 0 Å². The molecule has 2 aliphatic rings. The monoisotopic (exact) mass is 242 g/mol. The molecule has 0 unspecified atom stereocenters. The molecule has 4 heteroatoms. The number of likely N-dealkylation sites (tertiary alicyclic amines) is 1. The average Bonchev–Trinajstić information content (AvgIpc) is 2.80. The number of hydrogen-bond acceptors (Lipinski definition) is 3. The van der Waals surface area contributed by atoms with Crippen molar-refractivity contribution in [2.75, 3.05) is 31.1 Å². The molecule has 0 radical (unpaired) electrons. The van der Waals surface area contributed by atoms with Gasteiger partial charge in [-0.1, -0.05) is 0 Å². The van der Waals surface area contributed by atoms with Crippen molar-refractivity contribution >= 4 is 17.7 Å². The van der Waals surface area contributed by atoms with E-state index in [9.17, 15) is 4.79 Å². The van der Waals surface area contributed by atoms with Crippen LogP contribution in [0.5, 0.6) is 0 Å². The second-order valence-corrected chi connectivity index (χ2v) is 6.08. The van der Waals surface area contributed by atoms with Gasteiger partial charge in [0.15, 0.2) is 0 Å². The molecule has 2 rings (SSSR count). The molecule has 0 saturated carbocycles. The molecule has 2 saturated heterocycles. The lowest BCUT2D eigenvalue weighted by molar-refractivity contribution is -0.119. The molecule has 2 heterocycles. The lowest BCUT2D eigenvalue weighted by Crippen LogP contribution is -2.43. The summed E-state index contributed by atoms with van der Waals surface area (Å²) >= 11 is 2.09. The number of carbonyl (C=O) groups is 1. The largest absolute Gasteiger partial charge is 0.356 e. The van der Waals surface area contributed by atoms with E-state index in [0.717, 1.165) is 12.6 Å². The first-order valence-corrected chi connectivity index (χ1v) is 7.47. The van der Waals surface area contributed by atoms with Gasteiger partial charge in [0.25, 0.3) is 0 Å². The highest BCUT2D eigenvalue weighted by Crippen LogP contribution is 2.26. The molecule has 2 fully saturated rings. The SMILES string of the molecule is CC(=O)NCC1CCN([C@@H]2CCSC2)CC1. The maximum absolute atomic E-state index is 10.8. The predicted octanol–water partition coefficient (Wildman–Crippen LogP) is 1.34. The molecule has 1 N–H and O–H groups in total. The number of amides is 1. The molecular formula is C12H22N2OS. The van der Waals surface area contributed by atoms with Crippen LogP contribution in [0.15, 0.2) is 0 Å². The van der Waals surface area contributed by atoms with E-state index in [1.165, 1.54) is 43.9 Å². The first kappa shape index (κ1) is 12.2. The smallest absolute Gasteiger partial charge is 0.216 e. The van der Waals surface area contributed by atoms with Gasteiger partial charge in [0, 0.05) is 25.3 Å². The highest BCUT2D eigenvalue weighted by Gasteiger charge is 2.27. The van der Waals surface area contributed by atoms with Crippen molar-refractivity contribution in [2.45, 2.75) is 32.2 Å². The fraction of sp³-hybridized carbons (Fsp3) is 0.917. The van der Waals surface area contributed by atoms with Crippen LogP contribution >= 0.6 is 11.8 Å². The molecule has 16 heavy (non-hydrogen) atoms. The summed E-state index contributed by atoms with van der Waals surface area (Å²) in [5.74, 6) is 3.48. The maximum atomic E-state index is 10.8. The van der Waals surface area contributed by atoms with Gasteiger partial charge in [-0.05, 0) is 44.0 Å². The van der Waals surface area contributed by atoms with E-state index < -0.39 is 0 Å². The predicted molar refractivity (Wildman–Crippen MR) is 68.7 cm³/mol. The third-order valence-corrected chi connectivity index (χ3v) is 4.86. The van der Waals surface area contributed by atoms with E-state index in [1.807, 2.05) is 0 Å². The number of hydrogen-bond donors (Lipinski definition) is 1. The molecule has 2 aliphatic heterocycles. The van der Waals surface area contributed by atoms with Crippen molar-refractivity contribution in [3.63, 3.8) is 0 Å². The van der Waals surface area contributed by atoms with Crippen molar-refractivity contribution in [1.29, 1.82) is 0 Å². The zero-order valence-corrected chi connectivity index (χ0v) is 10.9. The minimum atomic E-state index is 0.106. The van der Waals surface area contributed by atoms with E-state index in [-0.39, 0.29) is 5.91 Å². The summed E-state index contributed by atoms with van der Waals surface area (Å²) in [5, 5.41) is 2.94. The number of nitrogens with one attached hydrogen (secondary N) is 1. The van der Waals surface area contributed by atoms with Gasteiger partial charge < -0.3 is 5.32 Å². The van der Waals surface area contributed by atoms with Crippen molar-refractivity contribution < 1.29 is 4.79 Å². The topological polar surface area (TPSA) is 32.3 Å². The Morgan fingerprint density at radius 1 is 1.38 bits per heavy atom. The highest BCUT2D eigenvalue weighted by molar-refractivity contribution is 7.99. The maximum Gasteiger partial charge on any atom is 0.216 e. The van der Waals surface area contributed by atoms with E-state index >= 15 is 0 Å². The summed E-state index contributed by atoms with van der Waals surface area (Å²) in [7, 11) is 0. The Labute approximate surface area is 102 Å². The summed E-state index contributed by atoms with van der Waals surface area (Å²) in [4.78, 5) is 13.5. The molecule has 0 aromatic rings. The van der Waals surface area contributed by atoms with Gasteiger partial charge in [0.2, 0.25) is 5.91 Å². The third kappa shape index (κ3) is 3.39. The van der Waals surface area contributed by atoms with E-state index in [0.29, 0.717) is 5.92 Å². The van der Waals surface area contributed by atoms with Crippen LogP contribution in [0, 0.1) is 5.92 Å². The zero-order chi connectivity index (χ0) is 11.4. The number of rotatable bonds is 3. The molecule has 0 spiro atoms. The Morgan fingerprint density at radius 2 is 2.12 bits per heavy atom. The van der Waals surface area contributed by atoms with Crippen LogP contribution in [0.3, 0.4) is 0 Å². The lowest BCUT2D eigenvalue weighted by atomic mass is 9.95. The van der Waals surface area contributed by atoms with Crippen molar-refractivity contribution in [3.8, 4) is 0 Å². The average molecular weight is 242 g/mol. The Bertz CT molecular complexity index is 233. The van der Waals surface area contributed by atoms with Crippen LogP contribution in [-0.4, -0.2) is 48.0 Å². The fourth-order valence-electron chi connectivity index (χ4n) is 2.62. The number of thioether (sulfide) groups is 1. The molecule has 0 aromatic carbocycles. The van der Waals surface area contributed by atoms with Crippen LogP contribution in [-0.2, 0) is 4.79 Å². The van der Waals surface area contributed by atoms with Gasteiger partial charge in [-0.25, -0.2) is 0 Å². The highest BCUT2D eigenvalue weighted by atomic mass is 32.2. The van der Waals surface area contributed by atoms with Gasteiger partial charge in [-0.15, -0.1) is 0 Å². The van der Waals surface area contributed by atoms with E-state index in [2.05, 4.69) is 22.0 Å². The van der Waals surface area contributed by atoms with Crippen LogP contribution in [0.2, 0.25) is 0 Å². The first-order valence-electron chi connectivity index (χ1n) is 6.32. The lowest BCUT2D eigenvalue weighted by Gasteiger charge is -2.35. The van der Waals surface area contributed by atoms with Gasteiger partial charge in [0.05, 0.1) is 0 Å². The molecule has 3 nitrogen and oxygen atoms in total. The van der Waals surface area contributed by atoms with Crippen molar-refractivity contribution in [2.24, 2.45) is 5.92 Å². The quantitative estimate of drug-likeness (QED) is 0.810. The molecule has 0 bridgehead atoms. The summed E-state index contributed by atoms with van der Waals surface area (Å²) in [5.41, 5.74) is 0. The first-order chi connectivity index (χ1) is 7.75. The summed E-state index contributed by atoms with van der Waals surface area (Å²) in [6.45, 7) is 4.94. The van der Waals surface area contributed by atoms with Crippen molar-refractivity contribution in [3.05, 3.63) is 0 Å². The number of piperidine rings is 1. The Hall–Kier alpha value is -0.220. The fourth-order valence-corrected chi connectivity index (χ4v) is 3.88. The Balaban J connectivity index is 1.67. The second-order valence-electron chi connectivity index (χ2n) is 4.93. The van der Waals surface area contributed by atoms with Crippen LogP contribution < -0.4 is 5.32 Å². The molecule has 1 atom stereocenters. The molecule has 1 amide bonds. The number of carbonyl (C=O) groups excluding carboxylic acids is 1. The van der Waals surface area contributed by atoms with Gasteiger partial charge >= 0.3 is 0 Å². The molecule has 92 valence electrons. The normalized spacial score (nSPS) is 28.2. The molecule has 0 aromatic heterocycles. The second kappa shape index (κ2) is 5.92. The Kier molecular flexibility index (Phi) is 4.53. The van der Waals surface area contributed by atoms with Crippen molar-refractivity contribution in [1.82, 2.24) is 10.2 Å².